The van der Waals surface area contributed by atoms with Crippen molar-refractivity contribution in [2.24, 2.45) is 5.92 Å². The van der Waals surface area contributed by atoms with E-state index >= 15 is 0 Å². The maximum absolute atomic E-state index is 12.3. The van der Waals surface area contributed by atoms with Gasteiger partial charge in [-0.3, -0.25) is 4.79 Å². The van der Waals surface area contributed by atoms with Gasteiger partial charge in [0.25, 0.3) is 0 Å². The Hall–Kier alpha value is -0.610. The highest BCUT2D eigenvalue weighted by molar-refractivity contribution is 5.79. The highest BCUT2D eigenvalue weighted by Gasteiger charge is 2.33. The van der Waals surface area contributed by atoms with Gasteiger partial charge in [-0.15, -0.1) is 0 Å². The molecule has 1 aliphatic carbocycles. The fourth-order valence-electron chi connectivity index (χ4n) is 2.51. The third-order valence-electron chi connectivity index (χ3n) is 3.77. The zero-order valence-electron chi connectivity index (χ0n) is 9.82. The first-order valence-corrected chi connectivity index (χ1v) is 6.45. The van der Waals surface area contributed by atoms with Crippen LogP contribution in [0.3, 0.4) is 0 Å². The molecule has 1 saturated carbocycles. The van der Waals surface area contributed by atoms with Gasteiger partial charge in [-0.05, 0) is 38.6 Å². The largest absolute Gasteiger partial charge is 0.396 e. The van der Waals surface area contributed by atoms with Crippen molar-refractivity contribution < 1.29 is 9.90 Å². The van der Waals surface area contributed by atoms with E-state index in [0.29, 0.717) is 18.4 Å². The third kappa shape index (κ3) is 2.55. The molecule has 0 aromatic heterocycles. The van der Waals surface area contributed by atoms with Crippen LogP contribution < -0.4 is 5.32 Å². The first kappa shape index (κ1) is 11.9. The van der Waals surface area contributed by atoms with Crippen LogP contribution in [0.4, 0.5) is 0 Å². The lowest BCUT2D eigenvalue weighted by Gasteiger charge is -2.39. The van der Waals surface area contributed by atoms with Crippen LogP contribution in [0.5, 0.6) is 0 Å². The van der Waals surface area contributed by atoms with E-state index in [1.165, 1.54) is 6.42 Å². The average Bonchev–Trinajstić information content (AvgIpc) is 2.73. The maximum atomic E-state index is 12.3. The molecule has 2 rings (SSSR count). The molecular weight excluding hydrogens is 204 g/mol. The van der Waals surface area contributed by atoms with E-state index < -0.39 is 0 Å². The number of amides is 1. The molecule has 0 radical (unpaired) electrons. The Kier molecular flexibility index (Phi) is 4.18. The molecule has 1 unspecified atom stereocenters. The summed E-state index contributed by atoms with van der Waals surface area (Å²) in [6.07, 6.45) is 5.23. The summed E-state index contributed by atoms with van der Waals surface area (Å²) in [6, 6.07) is 0.458. The van der Waals surface area contributed by atoms with Crippen LogP contribution in [0, 0.1) is 5.92 Å². The van der Waals surface area contributed by atoms with Gasteiger partial charge in [0.15, 0.2) is 0 Å². The van der Waals surface area contributed by atoms with Gasteiger partial charge in [-0.2, -0.15) is 0 Å². The van der Waals surface area contributed by atoms with Gasteiger partial charge in [0.05, 0.1) is 5.92 Å². The quantitative estimate of drug-likeness (QED) is 0.711. The lowest BCUT2D eigenvalue weighted by atomic mass is 9.90. The first-order chi connectivity index (χ1) is 7.83. The second kappa shape index (κ2) is 5.64. The van der Waals surface area contributed by atoms with Gasteiger partial charge < -0.3 is 15.3 Å². The molecule has 92 valence electrons. The molecule has 0 spiro atoms. The average molecular weight is 226 g/mol. The maximum Gasteiger partial charge on any atom is 0.227 e. The lowest BCUT2D eigenvalue weighted by molar-refractivity contribution is -0.139. The number of aliphatic hydroxyl groups is 1. The predicted molar refractivity (Wildman–Crippen MR) is 62.0 cm³/mol. The number of rotatable bonds is 5. The Morgan fingerprint density at radius 2 is 2.19 bits per heavy atom. The Balaban J connectivity index is 1.90. The Labute approximate surface area is 97.0 Å². The van der Waals surface area contributed by atoms with Crippen molar-refractivity contribution in [3.63, 3.8) is 0 Å². The molecule has 1 aliphatic heterocycles. The summed E-state index contributed by atoms with van der Waals surface area (Å²) in [4.78, 5) is 14.3. The molecule has 2 aliphatic rings. The number of aliphatic hydroxyl groups excluding tert-OH is 1. The van der Waals surface area contributed by atoms with Gasteiger partial charge >= 0.3 is 0 Å². The molecule has 0 aromatic carbocycles. The van der Waals surface area contributed by atoms with Crippen LogP contribution in [0.15, 0.2) is 0 Å². The minimum atomic E-state index is 0.180. The van der Waals surface area contributed by atoms with Gasteiger partial charge in [-0.25, -0.2) is 0 Å². The zero-order valence-corrected chi connectivity index (χ0v) is 9.82. The molecule has 0 aromatic rings. The zero-order chi connectivity index (χ0) is 11.4. The van der Waals surface area contributed by atoms with Crippen LogP contribution in [0.25, 0.3) is 0 Å². The number of nitrogens with zero attached hydrogens (tertiary/aromatic N) is 1. The van der Waals surface area contributed by atoms with E-state index in [9.17, 15) is 4.79 Å². The molecule has 1 atom stereocenters. The SMILES string of the molecule is O=C(C1CCNC1)N(CCCO)C1CCC1. The smallest absolute Gasteiger partial charge is 0.227 e. The second-order valence-electron chi connectivity index (χ2n) is 4.88. The monoisotopic (exact) mass is 226 g/mol. The fourth-order valence-corrected chi connectivity index (χ4v) is 2.51. The highest BCUT2D eigenvalue weighted by Crippen LogP contribution is 2.27. The summed E-state index contributed by atoms with van der Waals surface area (Å²) in [5.74, 6) is 0.488. The van der Waals surface area contributed by atoms with Crippen molar-refractivity contribution in [2.75, 3.05) is 26.2 Å². The summed E-state index contributed by atoms with van der Waals surface area (Å²) in [6.45, 7) is 2.71. The van der Waals surface area contributed by atoms with Crippen molar-refractivity contribution in [3.05, 3.63) is 0 Å². The van der Waals surface area contributed by atoms with E-state index in [1.54, 1.807) is 0 Å². The number of hydrogen-bond donors (Lipinski definition) is 2. The normalized spacial score (nSPS) is 25.4. The standard InChI is InChI=1S/C12H22N2O2/c15-8-2-7-14(11-3-1-4-11)12(16)10-5-6-13-9-10/h10-11,13,15H,1-9H2. The fraction of sp³-hybridized carbons (Fsp3) is 0.917. The minimum absolute atomic E-state index is 0.180. The van der Waals surface area contributed by atoms with Gasteiger partial charge in [0, 0.05) is 25.7 Å². The van der Waals surface area contributed by atoms with E-state index in [-0.39, 0.29) is 12.5 Å². The van der Waals surface area contributed by atoms with Crippen LogP contribution in [0.2, 0.25) is 0 Å². The third-order valence-corrected chi connectivity index (χ3v) is 3.77. The Morgan fingerprint density at radius 1 is 1.38 bits per heavy atom. The molecule has 0 bridgehead atoms. The molecule has 1 amide bonds. The molecule has 16 heavy (non-hydrogen) atoms. The summed E-state index contributed by atoms with van der Waals surface area (Å²) in [7, 11) is 0. The van der Waals surface area contributed by atoms with Crippen LogP contribution in [-0.2, 0) is 4.79 Å². The molecule has 1 heterocycles. The van der Waals surface area contributed by atoms with Crippen molar-refractivity contribution in [2.45, 2.75) is 38.1 Å². The highest BCUT2D eigenvalue weighted by atomic mass is 16.3. The second-order valence-corrected chi connectivity index (χ2v) is 4.88. The Morgan fingerprint density at radius 3 is 2.69 bits per heavy atom. The van der Waals surface area contributed by atoms with Crippen molar-refractivity contribution in [1.82, 2.24) is 10.2 Å². The number of carbonyl (C=O) groups excluding carboxylic acids is 1. The van der Waals surface area contributed by atoms with Gasteiger partial charge in [0.1, 0.15) is 0 Å². The van der Waals surface area contributed by atoms with E-state index in [2.05, 4.69) is 5.32 Å². The molecule has 2 N–H and O–H groups in total. The van der Waals surface area contributed by atoms with Crippen molar-refractivity contribution >= 4 is 5.91 Å². The molecule has 1 saturated heterocycles. The number of hydrogen-bond acceptors (Lipinski definition) is 3. The number of carbonyl (C=O) groups is 1. The van der Waals surface area contributed by atoms with Crippen LogP contribution in [-0.4, -0.2) is 48.2 Å². The van der Waals surface area contributed by atoms with Gasteiger partial charge in [0.2, 0.25) is 5.91 Å². The summed E-state index contributed by atoms with van der Waals surface area (Å²) in [5.41, 5.74) is 0. The lowest BCUT2D eigenvalue weighted by Crippen LogP contribution is -2.47. The minimum Gasteiger partial charge on any atom is -0.396 e. The molecule has 4 heteroatoms. The summed E-state index contributed by atoms with van der Waals surface area (Å²) in [5, 5.41) is 12.1. The van der Waals surface area contributed by atoms with E-state index in [4.69, 9.17) is 5.11 Å². The van der Waals surface area contributed by atoms with Crippen LogP contribution in [0.1, 0.15) is 32.1 Å². The van der Waals surface area contributed by atoms with Crippen LogP contribution >= 0.6 is 0 Å². The Bertz CT molecular complexity index is 235. The molecular formula is C12H22N2O2. The molecule has 4 nitrogen and oxygen atoms in total. The summed E-state index contributed by atoms with van der Waals surface area (Å²) >= 11 is 0. The topological polar surface area (TPSA) is 52.6 Å². The van der Waals surface area contributed by atoms with Gasteiger partial charge in [-0.1, -0.05) is 0 Å². The van der Waals surface area contributed by atoms with E-state index in [1.807, 2.05) is 4.90 Å². The molecule has 2 fully saturated rings. The summed E-state index contributed by atoms with van der Waals surface area (Å²) < 4.78 is 0. The predicted octanol–water partition coefficient (Wildman–Crippen LogP) is 0.359. The van der Waals surface area contributed by atoms with Crippen molar-refractivity contribution in [1.29, 1.82) is 0 Å². The van der Waals surface area contributed by atoms with Crippen molar-refractivity contribution in [3.8, 4) is 0 Å². The number of nitrogens with one attached hydrogen (secondary N) is 1. The first-order valence-electron chi connectivity index (χ1n) is 6.45. The van der Waals surface area contributed by atoms with E-state index in [0.717, 1.165) is 38.9 Å².